The summed E-state index contributed by atoms with van der Waals surface area (Å²) in [7, 11) is 0. The van der Waals surface area contributed by atoms with Crippen molar-refractivity contribution in [1.82, 2.24) is 0 Å². The Morgan fingerprint density at radius 3 is 2.75 bits per heavy atom. The van der Waals surface area contributed by atoms with Gasteiger partial charge in [-0.2, -0.15) is 0 Å². The van der Waals surface area contributed by atoms with Crippen LogP contribution in [0.4, 0.5) is 0 Å². The maximum Gasteiger partial charge on any atom is 0.306 e. The zero-order valence-corrected chi connectivity index (χ0v) is 13.0. The number of allylic oxidation sites excluding steroid dienone is 3. The third-order valence-corrected chi connectivity index (χ3v) is 3.70. The van der Waals surface area contributed by atoms with Gasteiger partial charge in [0.25, 0.3) is 0 Å². The fourth-order valence-corrected chi connectivity index (χ4v) is 2.44. The van der Waals surface area contributed by atoms with E-state index in [0.717, 1.165) is 32.1 Å². The molecule has 0 spiro atoms. The molecular weight excluding hydrogens is 248 g/mol. The van der Waals surface area contributed by atoms with Crippen molar-refractivity contribution in [3.05, 3.63) is 24.3 Å². The van der Waals surface area contributed by atoms with Crippen LogP contribution in [-0.4, -0.2) is 12.1 Å². The zero-order valence-electron chi connectivity index (χ0n) is 13.0. The Bertz CT molecular complexity index is 305. The summed E-state index contributed by atoms with van der Waals surface area (Å²) in [6, 6.07) is 0. The maximum atomic E-state index is 11.8. The van der Waals surface area contributed by atoms with Crippen molar-refractivity contribution >= 4 is 5.97 Å². The summed E-state index contributed by atoms with van der Waals surface area (Å²) in [5, 5.41) is 0. The lowest BCUT2D eigenvalue weighted by Gasteiger charge is -2.14. The third-order valence-electron chi connectivity index (χ3n) is 3.70. The second-order valence-corrected chi connectivity index (χ2v) is 5.64. The lowest BCUT2D eigenvalue weighted by atomic mass is 10.1. The molecule has 114 valence electrons. The number of hydrogen-bond acceptors (Lipinski definition) is 2. The summed E-state index contributed by atoms with van der Waals surface area (Å²) in [5.74, 6) is -0.0304. The van der Waals surface area contributed by atoms with Gasteiger partial charge in [-0.25, -0.2) is 0 Å². The normalized spacial score (nSPS) is 25.4. The molecule has 0 saturated heterocycles. The Morgan fingerprint density at radius 2 is 1.90 bits per heavy atom. The summed E-state index contributed by atoms with van der Waals surface area (Å²) in [6.45, 7) is 2.19. The Hall–Kier alpha value is -1.05. The molecule has 0 saturated carbocycles. The second kappa shape index (κ2) is 11.7. The van der Waals surface area contributed by atoms with E-state index in [0.29, 0.717) is 6.42 Å². The molecule has 1 atom stereocenters. The topological polar surface area (TPSA) is 26.3 Å². The third kappa shape index (κ3) is 8.95. The number of hydrogen-bond donors (Lipinski definition) is 0. The van der Waals surface area contributed by atoms with E-state index in [2.05, 4.69) is 19.1 Å². The van der Waals surface area contributed by atoms with Crippen molar-refractivity contribution in [2.24, 2.45) is 0 Å². The predicted molar refractivity (Wildman–Crippen MR) is 84.6 cm³/mol. The highest BCUT2D eigenvalue weighted by Gasteiger charge is 2.11. The van der Waals surface area contributed by atoms with Gasteiger partial charge in [-0.3, -0.25) is 4.79 Å². The monoisotopic (exact) mass is 278 g/mol. The zero-order chi connectivity index (χ0) is 14.5. The van der Waals surface area contributed by atoms with E-state index in [1.165, 1.54) is 32.1 Å². The van der Waals surface area contributed by atoms with Crippen molar-refractivity contribution in [3.63, 3.8) is 0 Å². The van der Waals surface area contributed by atoms with Crippen LogP contribution in [0.25, 0.3) is 0 Å². The van der Waals surface area contributed by atoms with Crippen LogP contribution < -0.4 is 0 Å². The molecule has 1 rings (SSSR count). The van der Waals surface area contributed by atoms with Crippen molar-refractivity contribution in [2.75, 3.05) is 0 Å². The van der Waals surface area contributed by atoms with Gasteiger partial charge in [-0.05, 0) is 38.2 Å². The molecule has 1 heterocycles. The highest BCUT2D eigenvalue weighted by molar-refractivity contribution is 5.69. The summed E-state index contributed by atoms with van der Waals surface area (Å²) in [6.07, 6.45) is 20.4. The highest BCUT2D eigenvalue weighted by Crippen LogP contribution is 2.13. The first-order valence-electron chi connectivity index (χ1n) is 8.35. The van der Waals surface area contributed by atoms with Crippen LogP contribution in [-0.2, 0) is 9.53 Å². The fourth-order valence-electron chi connectivity index (χ4n) is 2.44. The number of esters is 1. The van der Waals surface area contributed by atoms with Crippen molar-refractivity contribution in [3.8, 4) is 0 Å². The summed E-state index contributed by atoms with van der Waals surface area (Å²) < 4.78 is 5.58. The smallest absolute Gasteiger partial charge is 0.306 e. The van der Waals surface area contributed by atoms with Gasteiger partial charge in [0, 0.05) is 6.42 Å². The number of unbranched alkanes of at least 4 members (excludes halogenated alkanes) is 2. The van der Waals surface area contributed by atoms with E-state index >= 15 is 0 Å². The van der Waals surface area contributed by atoms with E-state index in [1.807, 2.05) is 12.2 Å². The molecule has 0 aromatic rings. The summed E-state index contributed by atoms with van der Waals surface area (Å²) in [5.41, 5.74) is 0. The largest absolute Gasteiger partial charge is 0.458 e. The molecule has 0 fully saturated rings. The quantitative estimate of drug-likeness (QED) is 0.513. The number of rotatable bonds is 4. The van der Waals surface area contributed by atoms with Gasteiger partial charge >= 0.3 is 5.97 Å². The van der Waals surface area contributed by atoms with E-state index in [9.17, 15) is 4.79 Å². The highest BCUT2D eigenvalue weighted by atomic mass is 16.5. The van der Waals surface area contributed by atoms with Gasteiger partial charge in [-0.15, -0.1) is 0 Å². The molecule has 0 aliphatic carbocycles. The summed E-state index contributed by atoms with van der Waals surface area (Å²) in [4.78, 5) is 11.8. The molecule has 20 heavy (non-hydrogen) atoms. The van der Waals surface area contributed by atoms with E-state index < -0.39 is 0 Å². The second-order valence-electron chi connectivity index (χ2n) is 5.64. The average Bonchev–Trinajstić information content (AvgIpc) is 2.44. The molecule has 2 heteroatoms. The minimum atomic E-state index is -0.0401. The van der Waals surface area contributed by atoms with E-state index in [4.69, 9.17) is 4.74 Å². The molecule has 0 unspecified atom stereocenters. The van der Waals surface area contributed by atoms with Crippen LogP contribution >= 0.6 is 0 Å². The lowest BCUT2D eigenvalue weighted by Crippen LogP contribution is -2.16. The molecule has 0 bridgehead atoms. The van der Waals surface area contributed by atoms with Crippen molar-refractivity contribution in [2.45, 2.75) is 83.7 Å². The molecule has 0 aromatic carbocycles. The van der Waals surface area contributed by atoms with Gasteiger partial charge in [0.2, 0.25) is 0 Å². The van der Waals surface area contributed by atoms with Gasteiger partial charge in [0.15, 0.2) is 0 Å². The summed E-state index contributed by atoms with van der Waals surface area (Å²) >= 11 is 0. The number of cyclic esters (lactones) is 1. The first-order chi connectivity index (χ1) is 9.83. The van der Waals surface area contributed by atoms with Gasteiger partial charge in [0.1, 0.15) is 6.10 Å². The van der Waals surface area contributed by atoms with Gasteiger partial charge < -0.3 is 4.74 Å². The number of ether oxygens (including phenoxy) is 1. The fraction of sp³-hybridized carbons (Fsp3) is 0.722. The Kier molecular flexibility index (Phi) is 9.99. The van der Waals surface area contributed by atoms with E-state index in [1.54, 1.807) is 0 Å². The van der Waals surface area contributed by atoms with Gasteiger partial charge in [-0.1, -0.05) is 57.3 Å². The predicted octanol–water partition coefficient (Wildman–Crippen LogP) is 5.34. The lowest BCUT2D eigenvalue weighted by molar-refractivity contribution is -0.147. The van der Waals surface area contributed by atoms with Crippen LogP contribution in [0.15, 0.2) is 24.3 Å². The molecule has 1 aliphatic rings. The van der Waals surface area contributed by atoms with E-state index in [-0.39, 0.29) is 12.1 Å². The van der Waals surface area contributed by atoms with Crippen molar-refractivity contribution in [1.29, 1.82) is 0 Å². The average molecular weight is 278 g/mol. The van der Waals surface area contributed by atoms with Crippen LogP contribution in [0.2, 0.25) is 0 Å². The number of carbonyl (C=O) groups is 1. The Morgan fingerprint density at radius 1 is 1.10 bits per heavy atom. The SMILES string of the molecule is CCCCC[C@H]1/C=C/C=C/CCCCCCCC(=O)O1. The molecule has 0 aromatic heterocycles. The molecule has 0 N–H and O–H groups in total. The first kappa shape index (κ1) is 17.0. The minimum Gasteiger partial charge on any atom is -0.458 e. The van der Waals surface area contributed by atoms with Crippen LogP contribution in [0.5, 0.6) is 0 Å². The molecule has 0 amide bonds. The molecule has 2 nitrogen and oxygen atoms in total. The standard InChI is InChI=1S/C18H30O2/c1-2-3-11-14-17-15-12-9-7-5-4-6-8-10-13-16-18(19)20-17/h7,9,12,15,17H,2-6,8,10-11,13-14,16H2,1H3/b9-7+,15-12+/t17-/m0/s1. The van der Waals surface area contributed by atoms with Crippen LogP contribution in [0, 0.1) is 0 Å². The maximum absolute atomic E-state index is 11.8. The Balaban J connectivity index is 2.49. The first-order valence-corrected chi connectivity index (χ1v) is 8.35. The Labute approximate surface area is 124 Å². The van der Waals surface area contributed by atoms with Crippen molar-refractivity contribution < 1.29 is 9.53 Å². The minimum absolute atomic E-state index is 0.0304. The molecule has 1 aliphatic heterocycles. The van der Waals surface area contributed by atoms with Crippen LogP contribution in [0.1, 0.15) is 77.6 Å². The molecular formula is C18H30O2. The van der Waals surface area contributed by atoms with Crippen LogP contribution in [0.3, 0.4) is 0 Å². The molecule has 0 radical (unpaired) electrons. The number of carbonyl (C=O) groups excluding carboxylic acids is 1. The van der Waals surface area contributed by atoms with Gasteiger partial charge in [0.05, 0.1) is 0 Å².